The third kappa shape index (κ3) is 3.11. The van der Waals surface area contributed by atoms with Crippen LogP contribution < -0.4 is 4.74 Å². The van der Waals surface area contributed by atoms with Gasteiger partial charge in [0, 0.05) is 5.56 Å². The van der Waals surface area contributed by atoms with E-state index in [-0.39, 0.29) is 5.76 Å². The lowest BCUT2D eigenvalue weighted by Crippen LogP contribution is -2.32. The van der Waals surface area contributed by atoms with Crippen molar-refractivity contribution in [2.24, 2.45) is 5.41 Å². The summed E-state index contributed by atoms with van der Waals surface area (Å²) < 4.78 is 71.7. The van der Waals surface area contributed by atoms with Gasteiger partial charge in [-0.1, -0.05) is 24.3 Å². The van der Waals surface area contributed by atoms with E-state index in [1.165, 1.54) is 13.2 Å². The van der Waals surface area contributed by atoms with Crippen LogP contribution >= 0.6 is 0 Å². The van der Waals surface area contributed by atoms with Crippen LogP contribution in [0.4, 0.5) is 13.2 Å². The van der Waals surface area contributed by atoms with Crippen LogP contribution in [-0.2, 0) is 14.3 Å². The number of alkyl halides is 3. The molecule has 0 aromatic heterocycles. The van der Waals surface area contributed by atoms with Gasteiger partial charge in [0.25, 0.3) is 0 Å². The lowest BCUT2D eigenvalue weighted by atomic mass is 9.70. The van der Waals surface area contributed by atoms with Crippen molar-refractivity contribution in [3.8, 4) is 5.75 Å². The van der Waals surface area contributed by atoms with Gasteiger partial charge in [-0.05, 0) is 49.8 Å². The van der Waals surface area contributed by atoms with Gasteiger partial charge in [-0.25, -0.2) is 0 Å². The van der Waals surface area contributed by atoms with E-state index >= 15 is 0 Å². The average molecular weight is 388 g/mol. The van der Waals surface area contributed by atoms with Gasteiger partial charge < -0.3 is 8.92 Å². The number of halogens is 3. The normalized spacial score (nSPS) is 23.5. The highest BCUT2D eigenvalue weighted by Crippen LogP contribution is 2.57. The Hall–Kier alpha value is -1.96. The fourth-order valence-electron chi connectivity index (χ4n) is 3.78. The summed E-state index contributed by atoms with van der Waals surface area (Å²) >= 11 is 0. The predicted molar refractivity (Wildman–Crippen MR) is 90.6 cm³/mol. The van der Waals surface area contributed by atoms with Crippen LogP contribution in [0.15, 0.2) is 42.2 Å². The van der Waals surface area contributed by atoms with E-state index in [0.29, 0.717) is 31.4 Å². The second-order valence-corrected chi connectivity index (χ2v) is 7.92. The molecule has 1 spiro atoms. The van der Waals surface area contributed by atoms with E-state index in [0.717, 1.165) is 17.6 Å². The van der Waals surface area contributed by atoms with Crippen LogP contribution in [0, 0.1) is 5.41 Å². The number of hydrogen-bond acceptors (Lipinski definition) is 4. The largest absolute Gasteiger partial charge is 0.534 e. The van der Waals surface area contributed by atoms with Crippen LogP contribution in [-0.4, -0.2) is 21.0 Å². The van der Waals surface area contributed by atoms with Crippen molar-refractivity contribution < 1.29 is 30.5 Å². The summed E-state index contributed by atoms with van der Waals surface area (Å²) in [6, 6.07) is 7.20. The van der Waals surface area contributed by atoms with Crippen molar-refractivity contribution in [3.05, 3.63) is 47.7 Å². The number of allylic oxidation sites excluding steroid dienone is 3. The minimum Gasteiger partial charge on any atom is -0.496 e. The first-order chi connectivity index (χ1) is 12.2. The maximum Gasteiger partial charge on any atom is 0.534 e. The highest BCUT2D eigenvalue weighted by Gasteiger charge is 2.53. The van der Waals surface area contributed by atoms with Crippen LogP contribution in [0.2, 0.25) is 0 Å². The van der Waals surface area contributed by atoms with Gasteiger partial charge in [-0.15, -0.1) is 0 Å². The zero-order chi connectivity index (χ0) is 19.0. The van der Waals surface area contributed by atoms with E-state index in [9.17, 15) is 21.6 Å². The fourth-order valence-corrected chi connectivity index (χ4v) is 4.34. The Bertz CT molecular complexity index is 855. The molecular formula is C18H19F3O4S. The number of ether oxygens (including phenoxy) is 1. The monoisotopic (exact) mass is 388 g/mol. The number of benzene rings is 1. The summed E-state index contributed by atoms with van der Waals surface area (Å²) in [4.78, 5) is 0. The average Bonchev–Trinajstić information content (AvgIpc) is 3.00. The first-order valence-electron chi connectivity index (χ1n) is 8.27. The third-order valence-electron chi connectivity index (χ3n) is 4.92. The van der Waals surface area contributed by atoms with Gasteiger partial charge in [0.15, 0.2) is 0 Å². The van der Waals surface area contributed by atoms with Gasteiger partial charge >= 0.3 is 15.6 Å². The molecule has 2 aliphatic carbocycles. The molecule has 0 amide bonds. The molecule has 3 rings (SSSR count). The maximum absolute atomic E-state index is 12.8. The summed E-state index contributed by atoms with van der Waals surface area (Å²) in [6.07, 6.45) is 6.27. The molecule has 0 saturated heterocycles. The van der Waals surface area contributed by atoms with Crippen molar-refractivity contribution in [2.45, 2.75) is 37.6 Å². The first-order valence-corrected chi connectivity index (χ1v) is 9.67. The SMILES string of the molecule is COc1ccccc1C1=CCC[C@@]12CCCC=C2OS(=O)(=O)C(F)(F)F. The van der Waals surface area contributed by atoms with Gasteiger partial charge in [0.1, 0.15) is 11.5 Å². The minimum absolute atomic E-state index is 0.129. The van der Waals surface area contributed by atoms with E-state index in [1.807, 2.05) is 18.2 Å². The molecule has 0 unspecified atom stereocenters. The second-order valence-electron chi connectivity index (χ2n) is 6.38. The second kappa shape index (κ2) is 6.64. The summed E-state index contributed by atoms with van der Waals surface area (Å²) in [5.41, 5.74) is -4.84. The molecule has 0 heterocycles. The molecule has 1 aromatic rings. The summed E-state index contributed by atoms with van der Waals surface area (Å²) in [7, 11) is -4.19. The molecule has 0 fully saturated rings. The van der Waals surface area contributed by atoms with Gasteiger partial charge in [0.05, 0.1) is 12.5 Å². The van der Waals surface area contributed by atoms with Crippen LogP contribution in [0.1, 0.15) is 37.7 Å². The van der Waals surface area contributed by atoms with E-state index in [2.05, 4.69) is 4.18 Å². The molecule has 1 aromatic carbocycles. The standard InChI is InChI=1S/C18H19F3O4S/c1-24-15-9-3-2-7-13(15)14-8-6-12-17(14)11-5-4-10-16(17)25-26(22,23)18(19,20)21/h2-3,7-10H,4-6,11-12H2,1H3/t17-/m0/s1. The highest BCUT2D eigenvalue weighted by molar-refractivity contribution is 7.87. The highest BCUT2D eigenvalue weighted by atomic mass is 32.2. The Morgan fingerprint density at radius 3 is 2.50 bits per heavy atom. The molecule has 8 heteroatoms. The molecule has 0 aliphatic heterocycles. The Kier molecular flexibility index (Phi) is 4.81. The van der Waals surface area contributed by atoms with Gasteiger partial charge in [0.2, 0.25) is 0 Å². The lowest BCUT2D eigenvalue weighted by Gasteiger charge is -2.37. The molecule has 0 saturated carbocycles. The van der Waals surface area contributed by atoms with Crippen molar-refractivity contribution in [3.63, 3.8) is 0 Å². The number of rotatable bonds is 4. The quantitative estimate of drug-likeness (QED) is 0.550. The van der Waals surface area contributed by atoms with Gasteiger partial charge in [-0.3, -0.25) is 0 Å². The van der Waals surface area contributed by atoms with E-state index in [1.54, 1.807) is 12.1 Å². The summed E-state index contributed by atoms with van der Waals surface area (Å²) in [5, 5.41) is 0. The Morgan fingerprint density at radius 1 is 1.08 bits per heavy atom. The molecule has 26 heavy (non-hydrogen) atoms. The zero-order valence-corrected chi connectivity index (χ0v) is 15.0. The maximum atomic E-state index is 12.8. The van der Waals surface area contributed by atoms with Crippen LogP contribution in [0.3, 0.4) is 0 Å². The first kappa shape index (κ1) is 18.8. The van der Waals surface area contributed by atoms with Gasteiger partial charge in [-0.2, -0.15) is 21.6 Å². The summed E-state index contributed by atoms with van der Waals surface area (Å²) in [5.74, 6) is 0.458. The van der Waals surface area contributed by atoms with Crippen LogP contribution in [0.5, 0.6) is 5.75 Å². The Labute approximate surface area is 150 Å². The molecule has 1 atom stereocenters. The predicted octanol–water partition coefficient (Wildman–Crippen LogP) is 4.79. The molecule has 2 aliphatic rings. The molecule has 4 nitrogen and oxygen atoms in total. The molecule has 0 bridgehead atoms. The van der Waals surface area contributed by atoms with E-state index in [4.69, 9.17) is 4.74 Å². The molecular weight excluding hydrogens is 369 g/mol. The Morgan fingerprint density at radius 2 is 1.81 bits per heavy atom. The third-order valence-corrected chi connectivity index (χ3v) is 5.89. The Balaban J connectivity index is 2.05. The van der Waals surface area contributed by atoms with Crippen molar-refractivity contribution in [2.75, 3.05) is 7.11 Å². The fraction of sp³-hybridized carbons (Fsp3) is 0.444. The molecule has 0 radical (unpaired) electrons. The van der Waals surface area contributed by atoms with Crippen molar-refractivity contribution in [1.29, 1.82) is 0 Å². The molecule has 0 N–H and O–H groups in total. The number of methoxy groups -OCH3 is 1. The van der Waals surface area contributed by atoms with Crippen LogP contribution in [0.25, 0.3) is 5.57 Å². The smallest absolute Gasteiger partial charge is 0.496 e. The number of para-hydroxylation sites is 1. The zero-order valence-electron chi connectivity index (χ0n) is 14.2. The molecule has 142 valence electrons. The van der Waals surface area contributed by atoms with Crippen molar-refractivity contribution >= 4 is 15.7 Å². The van der Waals surface area contributed by atoms with E-state index < -0.39 is 21.0 Å². The summed E-state index contributed by atoms with van der Waals surface area (Å²) in [6.45, 7) is 0. The minimum atomic E-state index is -5.71. The number of hydrogen-bond donors (Lipinski definition) is 0. The van der Waals surface area contributed by atoms with Crippen molar-refractivity contribution in [1.82, 2.24) is 0 Å². The lowest BCUT2D eigenvalue weighted by molar-refractivity contribution is -0.0532. The topological polar surface area (TPSA) is 52.6 Å².